The summed E-state index contributed by atoms with van der Waals surface area (Å²) in [5.74, 6) is -1.59. The zero-order valence-corrected chi connectivity index (χ0v) is 14.2. The summed E-state index contributed by atoms with van der Waals surface area (Å²) < 4.78 is 14.3. The first-order valence-electron chi connectivity index (χ1n) is 6.65. The predicted octanol–water partition coefficient (Wildman–Crippen LogP) is 3.86. The molecule has 0 amide bonds. The Morgan fingerprint density at radius 1 is 1.27 bits per heavy atom. The largest absolute Gasteiger partial charge is 0.478 e. The molecule has 0 unspecified atom stereocenters. The van der Waals surface area contributed by atoms with Crippen molar-refractivity contribution in [3.63, 3.8) is 0 Å². The first-order valence-corrected chi connectivity index (χ1v) is 10.5. The first kappa shape index (κ1) is 16.4. The van der Waals surface area contributed by atoms with Crippen LogP contribution >= 0.6 is 11.6 Å². The monoisotopic (exact) mass is 338 g/mol. The van der Waals surface area contributed by atoms with Crippen LogP contribution in [0.25, 0.3) is 0 Å². The van der Waals surface area contributed by atoms with Gasteiger partial charge in [0.05, 0.1) is 13.8 Å². The van der Waals surface area contributed by atoms with E-state index in [2.05, 4.69) is 29.9 Å². The van der Waals surface area contributed by atoms with Gasteiger partial charge in [-0.2, -0.15) is 0 Å². The summed E-state index contributed by atoms with van der Waals surface area (Å²) in [6.45, 7) is 6.36. The molecule has 2 aromatic rings. The van der Waals surface area contributed by atoms with Crippen molar-refractivity contribution in [2.75, 3.05) is 5.32 Å². The number of rotatable bonds is 4. The molecule has 0 radical (unpaired) electrons. The number of nitrogens with zero attached hydrogens (tertiary/aromatic N) is 1. The number of carboxylic acids is 1. The van der Waals surface area contributed by atoms with E-state index < -0.39 is 19.9 Å². The lowest BCUT2D eigenvalue weighted by atomic mass is 10.2. The van der Waals surface area contributed by atoms with Gasteiger partial charge in [0, 0.05) is 0 Å². The molecule has 0 fully saturated rings. The summed E-state index contributed by atoms with van der Waals surface area (Å²) in [6, 6.07) is 7.63. The van der Waals surface area contributed by atoms with Crippen LogP contribution in [0, 0.1) is 5.82 Å². The number of hydrogen-bond acceptors (Lipinski definition) is 3. The average Bonchev–Trinajstić information content (AvgIpc) is 2.39. The molecule has 0 aliphatic carbocycles. The molecule has 0 spiro atoms. The van der Waals surface area contributed by atoms with Crippen molar-refractivity contribution >= 4 is 42.3 Å². The summed E-state index contributed by atoms with van der Waals surface area (Å²) in [4.78, 5) is 15.1. The highest BCUT2D eigenvalue weighted by Gasteiger charge is 2.19. The lowest BCUT2D eigenvalue weighted by molar-refractivity contribution is 0.0697. The van der Waals surface area contributed by atoms with Crippen LogP contribution in [-0.4, -0.2) is 24.1 Å². The maximum Gasteiger partial charge on any atom is 0.339 e. The Hall–Kier alpha value is -1.92. The van der Waals surface area contributed by atoms with Gasteiger partial charge in [-0.15, -0.1) is 0 Å². The van der Waals surface area contributed by atoms with Crippen molar-refractivity contribution in [3.8, 4) is 0 Å². The molecule has 22 heavy (non-hydrogen) atoms. The molecule has 4 nitrogen and oxygen atoms in total. The molecule has 0 saturated carbocycles. The minimum atomic E-state index is -1.62. The van der Waals surface area contributed by atoms with Gasteiger partial charge in [-0.05, 0) is 24.3 Å². The molecular weight excluding hydrogens is 323 g/mol. The van der Waals surface area contributed by atoms with Crippen molar-refractivity contribution in [1.29, 1.82) is 0 Å². The molecule has 1 aromatic carbocycles. The number of nitrogens with one attached hydrogen (secondary N) is 1. The van der Waals surface area contributed by atoms with Gasteiger partial charge in [0.2, 0.25) is 0 Å². The minimum Gasteiger partial charge on any atom is -0.478 e. The lowest BCUT2D eigenvalue weighted by Crippen LogP contribution is -2.37. The molecule has 0 saturated heterocycles. The van der Waals surface area contributed by atoms with Gasteiger partial charge in [0.1, 0.15) is 22.4 Å². The van der Waals surface area contributed by atoms with Crippen LogP contribution in [0.15, 0.2) is 30.3 Å². The third kappa shape index (κ3) is 3.64. The topological polar surface area (TPSA) is 62.2 Å². The fraction of sp³-hybridized carbons (Fsp3) is 0.200. The zero-order valence-electron chi connectivity index (χ0n) is 12.4. The molecule has 0 bridgehead atoms. The van der Waals surface area contributed by atoms with E-state index in [0.29, 0.717) is 0 Å². The summed E-state index contributed by atoms with van der Waals surface area (Å²) in [5, 5.41) is 13.0. The maximum atomic E-state index is 14.3. The lowest BCUT2D eigenvalue weighted by Gasteiger charge is -2.18. The quantitative estimate of drug-likeness (QED) is 0.656. The molecule has 1 aromatic heterocycles. The van der Waals surface area contributed by atoms with E-state index in [1.54, 1.807) is 6.07 Å². The smallest absolute Gasteiger partial charge is 0.339 e. The van der Waals surface area contributed by atoms with Crippen molar-refractivity contribution in [3.05, 3.63) is 46.9 Å². The third-order valence-electron chi connectivity index (χ3n) is 3.18. The summed E-state index contributed by atoms with van der Waals surface area (Å²) in [6.07, 6.45) is 0. The highest BCUT2D eigenvalue weighted by molar-refractivity contribution is 6.88. The van der Waals surface area contributed by atoms with Crippen LogP contribution in [0.1, 0.15) is 10.4 Å². The second-order valence-corrected chi connectivity index (χ2v) is 11.4. The summed E-state index contributed by atoms with van der Waals surface area (Å²) >= 11 is 5.78. The van der Waals surface area contributed by atoms with Crippen LogP contribution in [-0.2, 0) is 0 Å². The predicted molar refractivity (Wildman–Crippen MR) is 88.9 cm³/mol. The van der Waals surface area contributed by atoms with Gasteiger partial charge in [0.15, 0.2) is 0 Å². The fourth-order valence-corrected chi connectivity index (χ4v) is 3.20. The second kappa shape index (κ2) is 6.06. The van der Waals surface area contributed by atoms with Crippen LogP contribution in [0.5, 0.6) is 0 Å². The number of pyridine rings is 1. The van der Waals surface area contributed by atoms with Crippen LogP contribution in [0.2, 0.25) is 24.8 Å². The number of anilines is 2. The Balaban J connectivity index is 2.40. The number of carboxylic acid groups (broad SMARTS) is 1. The molecule has 2 rings (SSSR count). The standard InChI is InChI=1S/C15H16ClFN2O2Si/c1-22(2,3)9-4-6-12(11(17)8-9)18-14-10(15(20)21)5-7-13(16)19-14/h4-8H,1-3H3,(H,18,19)(H,20,21). The summed E-state index contributed by atoms with van der Waals surface area (Å²) in [5.41, 5.74) is 0.0948. The molecule has 0 atom stereocenters. The molecule has 0 aliphatic heterocycles. The molecule has 1 heterocycles. The number of aromatic carboxylic acids is 1. The van der Waals surface area contributed by atoms with Crippen molar-refractivity contribution in [1.82, 2.24) is 4.98 Å². The second-order valence-electron chi connectivity index (χ2n) is 5.90. The van der Waals surface area contributed by atoms with E-state index in [-0.39, 0.29) is 22.2 Å². The first-order chi connectivity index (χ1) is 10.2. The number of aromatic nitrogens is 1. The van der Waals surface area contributed by atoms with Gasteiger partial charge < -0.3 is 10.4 Å². The van der Waals surface area contributed by atoms with Crippen LogP contribution < -0.4 is 10.5 Å². The Bertz CT molecular complexity index is 732. The van der Waals surface area contributed by atoms with Crippen molar-refractivity contribution in [2.24, 2.45) is 0 Å². The Labute approximate surface area is 134 Å². The van der Waals surface area contributed by atoms with Gasteiger partial charge in [-0.1, -0.05) is 42.5 Å². The van der Waals surface area contributed by atoms with Gasteiger partial charge in [-0.25, -0.2) is 14.2 Å². The molecule has 7 heteroatoms. The van der Waals surface area contributed by atoms with Gasteiger partial charge in [0.25, 0.3) is 0 Å². The summed E-state index contributed by atoms with van der Waals surface area (Å²) in [7, 11) is -1.62. The van der Waals surface area contributed by atoms with Crippen molar-refractivity contribution in [2.45, 2.75) is 19.6 Å². The number of carbonyl (C=O) groups is 1. The zero-order chi connectivity index (χ0) is 16.5. The number of halogens is 2. The van der Waals surface area contributed by atoms with E-state index in [4.69, 9.17) is 16.7 Å². The molecular formula is C15H16ClFN2O2Si. The van der Waals surface area contributed by atoms with Gasteiger partial charge >= 0.3 is 5.97 Å². The van der Waals surface area contributed by atoms with E-state index in [1.807, 2.05) is 6.07 Å². The van der Waals surface area contributed by atoms with E-state index in [0.717, 1.165) is 5.19 Å². The average molecular weight is 339 g/mol. The Kier molecular flexibility index (Phi) is 4.53. The third-order valence-corrected chi connectivity index (χ3v) is 5.43. The molecule has 0 aliphatic rings. The Morgan fingerprint density at radius 2 is 1.95 bits per heavy atom. The fourth-order valence-electron chi connectivity index (χ4n) is 1.91. The SMILES string of the molecule is C[Si](C)(C)c1ccc(Nc2nc(Cl)ccc2C(=O)O)c(F)c1. The highest BCUT2D eigenvalue weighted by atomic mass is 35.5. The highest BCUT2D eigenvalue weighted by Crippen LogP contribution is 2.23. The van der Waals surface area contributed by atoms with Gasteiger partial charge in [-0.3, -0.25) is 0 Å². The van der Waals surface area contributed by atoms with Crippen LogP contribution in [0.3, 0.4) is 0 Å². The Morgan fingerprint density at radius 3 is 2.50 bits per heavy atom. The minimum absolute atomic E-state index is 0.0136. The van der Waals surface area contributed by atoms with E-state index in [1.165, 1.54) is 18.2 Å². The maximum absolute atomic E-state index is 14.3. The van der Waals surface area contributed by atoms with Crippen LogP contribution in [0.4, 0.5) is 15.9 Å². The number of hydrogen-bond donors (Lipinski definition) is 2. The van der Waals surface area contributed by atoms with E-state index in [9.17, 15) is 9.18 Å². The number of benzene rings is 1. The molecule has 2 N–H and O–H groups in total. The normalized spacial score (nSPS) is 11.3. The van der Waals surface area contributed by atoms with E-state index >= 15 is 0 Å². The molecule has 116 valence electrons. The van der Waals surface area contributed by atoms with Crippen molar-refractivity contribution < 1.29 is 14.3 Å².